The summed E-state index contributed by atoms with van der Waals surface area (Å²) in [5, 5.41) is -0.411. The Labute approximate surface area is 205 Å². The van der Waals surface area contributed by atoms with Crippen LogP contribution in [0.4, 0.5) is 0 Å². The molecule has 1 aliphatic heterocycles. The highest BCUT2D eigenvalue weighted by atomic mass is 32.2. The topological polar surface area (TPSA) is 37.4 Å². The monoisotopic (exact) mass is 463 g/mol. The van der Waals surface area contributed by atoms with Crippen molar-refractivity contribution in [3.8, 4) is 0 Å². The normalized spacial score (nSPS) is 18.6. The molecule has 1 saturated heterocycles. The van der Waals surface area contributed by atoms with E-state index in [2.05, 4.69) is 13.8 Å². The molecular weight excluding hydrogens is 413 g/mol. The van der Waals surface area contributed by atoms with Gasteiger partial charge in [-0.15, -0.1) is 11.8 Å². The first-order valence-electron chi connectivity index (χ1n) is 13.4. The number of hydrogen-bond donors (Lipinski definition) is 0. The van der Waals surface area contributed by atoms with Crippen LogP contribution in [0.3, 0.4) is 0 Å². The minimum atomic E-state index is -0.690. The maximum absolute atomic E-state index is 13.3. The molecule has 2 atom stereocenters. The molecule has 1 aliphatic rings. The number of likely N-dealkylation sites (tertiary alicyclic amines) is 1. The van der Waals surface area contributed by atoms with Crippen molar-refractivity contribution in [3.63, 3.8) is 0 Å². The van der Waals surface area contributed by atoms with Crippen molar-refractivity contribution in [1.82, 2.24) is 4.90 Å². The standard InChI is InChI=1S/C27H50BNO2S/c1-7-9-11-13-14-16-18-20-22(19-17-15-12-10-8-2)32-23-21-24(30)29(25(23)31)27(5,6)26(3,4)28/h22-23H,7-21H2,1-6H3. The molecule has 3 nitrogen and oxygen atoms in total. The van der Waals surface area contributed by atoms with E-state index in [0.717, 1.165) is 12.8 Å². The van der Waals surface area contributed by atoms with Crippen LogP contribution in [0.25, 0.3) is 0 Å². The van der Waals surface area contributed by atoms with Crippen LogP contribution in [0, 0.1) is 0 Å². The minimum Gasteiger partial charge on any atom is -0.276 e. The number of carbonyl (C=O) groups excluding carboxylic acids is 2. The van der Waals surface area contributed by atoms with Gasteiger partial charge in [0.05, 0.1) is 13.1 Å². The molecule has 0 aromatic heterocycles. The van der Waals surface area contributed by atoms with E-state index in [4.69, 9.17) is 7.85 Å². The Kier molecular flexibility index (Phi) is 13.6. The predicted molar refractivity (Wildman–Crippen MR) is 141 cm³/mol. The van der Waals surface area contributed by atoms with Crippen molar-refractivity contribution >= 4 is 31.4 Å². The zero-order valence-corrected chi connectivity index (χ0v) is 22.8. The van der Waals surface area contributed by atoms with E-state index in [9.17, 15) is 9.59 Å². The van der Waals surface area contributed by atoms with E-state index >= 15 is 0 Å². The molecule has 184 valence electrons. The first-order valence-corrected chi connectivity index (χ1v) is 14.3. The van der Waals surface area contributed by atoms with Crippen LogP contribution in [0.5, 0.6) is 0 Å². The minimum absolute atomic E-state index is 0.0286. The molecule has 0 saturated carbocycles. The lowest BCUT2D eigenvalue weighted by Crippen LogP contribution is -2.54. The van der Waals surface area contributed by atoms with Gasteiger partial charge in [-0.3, -0.25) is 14.5 Å². The SMILES string of the molecule is [B]C(C)(C)C(C)(C)N1C(=O)CC(SC(CCCCCCC)CCCCCCCCC)C1=O. The molecule has 0 aliphatic carbocycles. The highest BCUT2D eigenvalue weighted by Gasteiger charge is 2.50. The van der Waals surface area contributed by atoms with E-state index < -0.39 is 10.9 Å². The summed E-state index contributed by atoms with van der Waals surface area (Å²) >= 11 is 1.78. The van der Waals surface area contributed by atoms with Crippen LogP contribution in [0.1, 0.15) is 138 Å². The fraction of sp³-hybridized carbons (Fsp3) is 0.926. The second-order valence-corrected chi connectivity index (χ2v) is 12.4. The van der Waals surface area contributed by atoms with E-state index in [0.29, 0.717) is 11.7 Å². The Hall–Kier alpha value is -0.445. The number of amides is 2. The molecule has 0 bridgehead atoms. The predicted octanol–water partition coefficient (Wildman–Crippen LogP) is 7.86. The van der Waals surface area contributed by atoms with Gasteiger partial charge >= 0.3 is 0 Å². The molecule has 5 heteroatoms. The average Bonchev–Trinajstić information content (AvgIpc) is 2.99. The van der Waals surface area contributed by atoms with Crippen LogP contribution >= 0.6 is 11.8 Å². The van der Waals surface area contributed by atoms with Gasteiger partial charge in [-0.2, -0.15) is 0 Å². The summed E-state index contributed by atoms with van der Waals surface area (Å²) in [4.78, 5) is 27.6. The van der Waals surface area contributed by atoms with Crippen molar-refractivity contribution in [2.45, 2.75) is 159 Å². The lowest BCUT2D eigenvalue weighted by molar-refractivity contribution is -0.145. The highest BCUT2D eigenvalue weighted by molar-refractivity contribution is 8.01. The van der Waals surface area contributed by atoms with Gasteiger partial charge in [0.25, 0.3) is 0 Å². The van der Waals surface area contributed by atoms with Crippen LogP contribution in [0.15, 0.2) is 0 Å². The average molecular weight is 464 g/mol. The van der Waals surface area contributed by atoms with Gasteiger partial charge in [-0.1, -0.05) is 105 Å². The van der Waals surface area contributed by atoms with Gasteiger partial charge in [0.1, 0.15) is 0 Å². The van der Waals surface area contributed by atoms with Crippen molar-refractivity contribution in [2.75, 3.05) is 0 Å². The zero-order chi connectivity index (χ0) is 24.2. The molecule has 32 heavy (non-hydrogen) atoms. The van der Waals surface area contributed by atoms with E-state index in [1.807, 2.05) is 27.7 Å². The van der Waals surface area contributed by atoms with E-state index in [-0.39, 0.29) is 17.1 Å². The first kappa shape index (κ1) is 29.6. The third-order valence-corrected chi connectivity index (χ3v) is 8.91. The Bertz CT molecular complexity index is 558. The molecule has 1 fully saturated rings. The lowest BCUT2D eigenvalue weighted by Gasteiger charge is -2.45. The molecule has 0 spiro atoms. The molecule has 0 aromatic carbocycles. The number of hydrogen-bond acceptors (Lipinski definition) is 3. The van der Waals surface area contributed by atoms with Gasteiger partial charge in [-0.05, 0) is 32.0 Å². The number of thioether (sulfide) groups is 1. The Morgan fingerprint density at radius 2 is 1.28 bits per heavy atom. The number of carbonyl (C=O) groups is 2. The van der Waals surface area contributed by atoms with Crippen molar-refractivity contribution in [1.29, 1.82) is 0 Å². The molecule has 1 heterocycles. The summed E-state index contributed by atoms with van der Waals surface area (Å²) in [6, 6.07) is 0. The highest BCUT2D eigenvalue weighted by Crippen LogP contribution is 2.44. The number of unbranched alkanes of at least 4 members (excludes halogenated alkanes) is 10. The number of rotatable bonds is 18. The third kappa shape index (κ3) is 9.43. The Balaban J connectivity index is 2.65. The smallest absolute Gasteiger partial charge is 0.243 e. The maximum Gasteiger partial charge on any atom is 0.243 e. The molecule has 2 unspecified atom stereocenters. The Morgan fingerprint density at radius 3 is 1.72 bits per heavy atom. The van der Waals surface area contributed by atoms with E-state index in [1.54, 1.807) is 11.8 Å². The second kappa shape index (κ2) is 14.7. The van der Waals surface area contributed by atoms with Crippen molar-refractivity contribution in [2.24, 2.45) is 0 Å². The first-order chi connectivity index (χ1) is 15.1. The largest absolute Gasteiger partial charge is 0.276 e. The number of imide groups is 1. The summed E-state index contributed by atoms with van der Waals surface area (Å²) in [6.07, 6.45) is 18.2. The van der Waals surface area contributed by atoms with Gasteiger partial charge in [0, 0.05) is 17.2 Å². The van der Waals surface area contributed by atoms with Crippen molar-refractivity contribution in [3.05, 3.63) is 0 Å². The van der Waals surface area contributed by atoms with Gasteiger partial charge < -0.3 is 0 Å². The van der Waals surface area contributed by atoms with Crippen molar-refractivity contribution < 1.29 is 9.59 Å². The molecule has 0 aromatic rings. The summed E-state index contributed by atoms with van der Waals surface area (Å²) in [5.41, 5.74) is -0.690. The fourth-order valence-electron chi connectivity index (χ4n) is 4.40. The summed E-state index contributed by atoms with van der Waals surface area (Å²) in [5.74, 6) is -0.0901. The molecular formula is C27H50BNO2S. The molecule has 1 rings (SSSR count). The van der Waals surface area contributed by atoms with Crippen LogP contribution in [-0.4, -0.2) is 40.6 Å². The van der Waals surface area contributed by atoms with Crippen LogP contribution < -0.4 is 0 Å². The second-order valence-electron chi connectivity index (χ2n) is 10.9. The summed E-state index contributed by atoms with van der Waals surface area (Å²) < 4.78 is 0. The third-order valence-electron chi connectivity index (χ3n) is 7.36. The fourth-order valence-corrected chi connectivity index (χ4v) is 5.93. The summed E-state index contributed by atoms with van der Waals surface area (Å²) in [7, 11) is 6.34. The quantitative estimate of drug-likeness (QED) is 0.118. The van der Waals surface area contributed by atoms with Gasteiger partial charge in [0.2, 0.25) is 11.8 Å². The molecule has 2 radical (unpaired) electrons. The number of nitrogens with zero attached hydrogens (tertiary/aromatic N) is 1. The lowest BCUT2D eigenvalue weighted by atomic mass is 9.59. The van der Waals surface area contributed by atoms with E-state index in [1.165, 1.54) is 81.9 Å². The van der Waals surface area contributed by atoms with Gasteiger partial charge in [-0.25, -0.2) is 0 Å². The molecule has 2 amide bonds. The maximum atomic E-state index is 13.3. The van der Waals surface area contributed by atoms with Crippen LogP contribution in [0.2, 0.25) is 5.31 Å². The van der Waals surface area contributed by atoms with Gasteiger partial charge in [0.15, 0.2) is 0 Å². The summed E-state index contributed by atoms with van der Waals surface area (Å²) in [6.45, 7) is 12.1. The molecule has 0 N–H and O–H groups in total. The van der Waals surface area contributed by atoms with Crippen LogP contribution in [-0.2, 0) is 9.59 Å². The Morgan fingerprint density at radius 1 is 0.844 bits per heavy atom. The zero-order valence-electron chi connectivity index (χ0n) is 22.0.